The molecule has 1 saturated carbocycles. The van der Waals surface area contributed by atoms with Crippen LogP contribution < -0.4 is 11.4 Å². The van der Waals surface area contributed by atoms with Gasteiger partial charge in [0, 0.05) is 12.6 Å². The van der Waals surface area contributed by atoms with Crippen LogP contribution in [0.5, 0.6) is 0 Å². The summed E-state index contributed by atoms with van der Waals surface area (Å²) in [7, 11) is 0. The van der Waals surface area contributed by atoms with Gasteiger partial charge >= 0.3 is 5.69 Å². The number of H-pyrrole nitrogens is 1. The van der Waals surface area contributed by atoms with E-state index in [-0.39, 0.29) is 11.7 Å². The SMILES string of the molecule is CCn1nc(C)c(N)c1Sc1n[nH]c(=O)n1C1CC1. The summed E-state index contributed by atoms with van der Waals surface area (Å²) in [6, 6.07) is 0.286. The normalized spacial score (nSPS) is 15.1. The Labute approximate surface area is 114 Å². The van der Waals surface area contributed by atoms with E-state index in [0.29, 0.717) is 10.8 Å². The third-order valence-electron chi connectivity index (χ3n) is 3.20. The van der Waals surface area contributed by atoms with Gasteiger partial charge in [0.25, 0.3) is 0 Å². The van der Waals surface area contributed by atoms with Crippen molar-refractivity contribution in [2.24, 2.45) is 0 Å². The van der Waals surface area contributed by atoms with Crippen molar-refractivity contribution in [3.8, 4) is 0 Å². The average molecular weight is 280 g/mol. The molecule has 7 nitrogen and oxygen atoms in total. The Balaban J connectivity index is 2.00. The number of aryl methyl sites for hydroxylation is 2. The number of nitrogens with one attached hydrogen (secondary N) is 1. The topological polar surface area (TPSA) is 94.5 Å². The van der Waals surface area contributed by atoms with E-state index in [9.17, 15) is 4.79 Å². The average Bonchev–Trinajstić information content (AvgIpc) is 3.11. The van der Waals surface area contributed by atoms with Crippen LogP contribution in [0.15, 0.2) is 15.0 Å². The van der Waals surface area contributed by atoms with Crippen LogP contribution in [-0.2, 0) is 6.54 Å². The van der Waals surface area contributed by atoms with E-state index in [1.807, 2.05) is 18.5 Å². The van der Waals surface area contributed by atoms with Gasteiger partial charge in [-0.2, -0.15) is 5.10 Å². The number of rotatable bonds is 4. The second kappa shape index (κ2) is 4.44. The lowest BCUT2D eigenvalue weighted by Crippen LogP contribution is -2.16. The van der Waals surface area contributed by atoms with Gasteiger partial charge in [-0.05, 0) is 38.5 Å². The Morgan fingerprint density at radius 1 is 1.53 bits per heavy atom. The molecule has 3 N–H and O–H groups in total. The molecule has 102 valence electrons. The van der Waals surface area contributed by atoms with E-state index in [2.05, 4.69) is 15.3 Å². The van der Waals surface area contributed by atoms with Gasteiger partial charge in [0.05, 0.1) is 11.4 Å². The molecule has 1 aliphatic rings. The van der Waals surface area contributed by atoms with Crippen molar-refractivity contribution < 1.29 is 0 Å². The lowest BCUT2D eigenvalue weighted by atomic mass is 10.4. The molecule has 2 aromatic rings. The van der Waals surface area contributed by atoms with Gasteiger partial charge < -0.3 is 5.73 Å². The Bertz CT molecular complexity index is 665. The molecule has 0 amide bonds. The number of anilines is 1. The first-order chi connectivity index (χ1) is 9.11. The first-order valence-electron chi connectivity index (χ1n) is 6.29. The molecule has 0 saturated heterocycles. The quantitative estimate of drug-likeness (QED) is 0.876. The highest BCUT2D eigenvalue weighted by Crippen LogP contribution is 2.39. The summed E-state index contributed by atoms with van der Waals surface area (Å²) in [5.74, 6) is 0. The lowest BCUT2D eigenvalue weighted by molar-refractivity contribution is 0.597. The largest absolute Gasteiger partial charge is 0.395 e. The van der Waals surface area contributed by atoms with Crippen molar-refractivity contribution in [1.82, 2.24) is 24.5 Å². The zero-order valence-corrected chi connectivity index (χ0v) is 11.7. The van der Waals surface area contributed by atoms with Gasteiger partial charge in [0.15, 0.2) is 5.16 Å². The number of hydrogen-bond donors (Lipinski definition) is 2. The van der Waals surface area contributed by atoms with Gasteiger partial charge in [-0.15, -0.1) is 5.10 Å². The molecule has 0 bridgehead atoms. The minimum absolute atomic E-state index is 0.150. The summed E-state index contributed by atoms with van der Waals surface area (Å²) < 4.78 is 3.55. The van der Waals surface area contributed by atoms with E-state index in [1.165, 1.54) is 11.8 Å². The molecular formula is C11H16N6OS. The first kappa shape index (κ1) is 12.3. The van der Waals surface area contributed by atoms with Crippen molar-refractivity contribution in [3.63, 3.8) is 0 Å². The Hall–Kier alpha value is -1.70. The van der Waals surface area contributed by atoms with Crippen LogP contribution in [0.25, 0.3) is 0 Å². The smallest absolute Gasteiger partial charge is 0.344 e. The molecule has 2 heterocycles. The number of nitrogen functional groups attached to an aromatic ring is 1. The highest BCUT2D eigenvalue weighted by Gasteiger charge is 2.29. The Kier molecular flexibility index (Phi) is 2.89. The molecule has 0 unspecified atom stereocenters. The predicted molar refractivity (Wildman–Crippen MR) is 72.3 cm³/mol. The minimum Gasteiger partial charge on any atom is -0.395 e. The van der Waals surface area contributed by atoms with E-state index < -0.39 is 0 Å². The first-order valence-corrected chi connectivity index (χ1v) is 7.11. The summed E-state index contributed by atoms with van der Waals surface area (Å²) >= 11 is 1.40. The summed E-state index contributed by atoms with van der Waals surface area (Å²) in [4.78, 5) is 11.7. The summed E-state index contributed by atoms with van der Waals surface area (Å²) in [5.41, 5.74) is 7.36. The molecule has 8 heteroatoms. The summed E-state index contributed by atoms with van der Waals surface area (Å²) in [5, 5.41) is 12.5. The van der Waals surface area contributed by atoms with Crippen LogP contribution >= 0.6 is 11.8 Å². The molecule has 0 aliphatic heterocycles. The van der Waals surface area contributed by atoms with E-state index in [0.717, 1.165) is 30.1 Å². The van der Waals surface area contributed by atoms with Crippen LogP contribution in [0.3, 0.4) is 0 Å². The van der Waals surface area contributed by atoms with Crippen LogP contribution in [0, 0.1) is 6.92 Å². The number of aromatic amines is 1. The van der Waals surface area contributed by atoms with Crippen molar-refractivity contribution in [1.29, 1.82) is 0 Å². The predicted octanol–water partition coefficient (Wildman–Crippen LogP) is 1.16. The van der Waals surface area contributed by atoms with Crippen LogP contribution in [0.4, 0.5) is 5.69 Å². The van der Waals surface area contributed by atoms with Crippen LogP contribution in [0.1, 0.15) is 31.5 Å². The fourth-order valence-corrected chi connectivity index (χ4v) is 3.13. The fraction of sp³-hybridized carbons (Fsp3) is 0.545. The lowest BCUT2D eigenvalue weighted by Gasteiger charge is -2.06. The monoisotopic (exact) mass is 280 g/mol. The van der Waals surface area contributed by atoms with Gasteiger partial charge in [-0.3, -0.25) is 9.25 Å². The standard InChI is InChI=1S/C11H16N6OS/c1-3-16-9(8(12)6(2)15-16)19-11-14-13-10(18)17(11)7-4-5-7/h7H,3-5,12H2,1-2H3,(H,13,18). The maximum atomic E-state index is 11.7. The molecular weight excluding hydrogens is 264 g/mol. The van der Waals surface area contributed by atoms with Gasteiger partial charge in [-0.25, -0.2) is 9.89 Å². The molecule has 1 aliphatic carbocycles. The maximum absolute atomic E-state index is 11.7. The van der Waals surface area contributed by atoms with Crippen molar-refractivity contribution in [2.75, 3.05) is 5.73 Å². The molecule has 0 atom stereocenters. The number of aromatic nitrogens is 5. The summed E-state index contributed by atoms with van der Waals surface area (Å²) in [6.07, 6.45) is 2.07. The van der Waals surface area contributed by atoms with Gasteiger partial charge in [-0.1, -0.05) is 0 Å². The summed E-state index contributed by atoms with van der Waals surface area (Å²) in [6.45, 7) is 4.62. The molecule has 0 radical (unpaired) electrons. The Morgan fingerprint density at radius 2 is 2.26 bits per heavy atom. The molecule has 0 aromatic carbocycles. The number of hydrogen-bond acceptors (Lipinski definition) is 5. The van der Waals surface area contributed by atoms with Gasteiger partial charge in [0.1, 0.15) is 5.03 Å². The van der Waals surface area contributed by atoms with Crippen molar-refractivity contribution in [2.45, 2.75) is 49.5 Å². The third kappa shape index (κ3) is 2.05. The van der Waals surface area contributed by atoms with E-state index in [1.54, 1.807) is 4.57 Å². The van der Waals surface area contributed by atoms with Crippen molar-refractivity contribution in [3.05, 3.63) is 16.2 Å². The number of nitrogens with two attached hydrogens (primary N) is 1. The van der Waals surface area contributed by atoms with Crippen molar-refractivity contribution >= 4 is 17.4 Å². The molecule has 3 rings (SSSR count). The zero-order valence-electron chi connectivity index (χ0n) is 10.9. The second-order valence-corrected chi connectivity index (χ2v) is 5.59. The molecule has 1 fully saturated rings. The van der Waals surface area contributed by atoms with E-state index in [4.69, 9.17) is 5.73 Å². The molecule has 2 aromatic heterocycles. The highest BCUT2D eigenvalue weighted by molar-refractivity contribution is 7.99. The highest BCUT2D eigenvalue weighted by atomic mass is 32.2. The zero-order chi connectivity index (χ0) is 13.6. The molecule has 19 heavy (non-hydrogen) atoms. The van der Waals surface area contributed by atoms with E-state index >= 15 is 0 Å². The van der Waals surface area contributed by atoms with Gasteiger partial charge in [0.2, 0.25) is 0 Å². The Morgan fingerprint density at radius 3 is 2.89 bits per heavy atom. The minimum atomic E-state index is -0.150. The molecule has 0 spiro atoms. The van der Waals surface area contributed by atoms with Crippen LogP contribution in [-0.4, -0.2) is 24.5 Å². The second-order valence-electron chi connectivity index (χ2n) is 4.63. The fourth-order valence-electron chi connectivity index (χ4n) is 2.00. The maximum Gasteiger partial charge on any atom is 0.344 e. The number of nitrogens with zero attached hydrogens (tertiary/aromatic N) is 4. The third-order valence-corrected chi connectivity index (χ3v) is 4.29. The van der Waals surface area contributed by atoms with Crippen LogP contribution in [0.2, 0.25) is 0 Å².